The summed E-state index contributed by atoms with van der Waals surface area (Å²) in [7, 11) is 1.66. The number of carbonyl (C=O) groups excluding carboxylic acids is 1. The van der Waals surface area contributed by atoms with E-state index in [1.807, 2.05) is 30.3 Å². The van der Waals surface area contributed by atoms with Crippen molar-refractivity contribution in [1.29, 1.82) is 0 Å². The molecule has 7 nitrogen and oxygen atoms in total. The summed E-state index contributed by atoms with van der Waals surface area (Å²) in [5, 5.41) is 2.88. The Morgan fingerprint density at radius 1 is 1.14 bits per heavy atom. The summed E-state index contributed by atoms with van der Waals surface area (Å²) in [6.07, 6.45) is 2.19. The SMILES string of the molecule is COCc1ccc(CNC(=O)CCc2c(C)nc(-c3ccccn3)[nH]c2=O)cc1. The average molecular weight is 392 g/mol. The molecule has 0 atom stereocenters. The lowest BCUT2D eigenvalue weighted by Gasteiger charge is -2.08. The van der Waals surface area contributed by atoms with E-state index in [0.29, 0.717) is 42.3 Å². The van der Waals surface area contributed by atoms with Crippen molar-refractivity contribution in [3.63, 3.8) is 0 Å². The molecule has 2 N–H and O–H groups in total. The maximum atomic E-state index is 12.4. The summed E-state index contributed by atoms with van der Waals surface area (Å²) in [5.74, 6) is 0.316. The monoisotopic (exact) mass is 392 g/mol. The number of carbonyl (C=O) groups is 1. The van der Waals surface area contributed by atoms with Crippen molar-refractivity contribution in [3.05, 3.63) is 81.4 Å². The van der Waals surface area contributed by atoms with Gasteiger partial charge < -0.3 is 15.0 Å². The van der Waals surface area contributed by atoms with Crippen LogP contribution in [-0.2, 0) is 29.1 Å². The zero-order chi connectivity index (χ0) is 20.6. The van der Waals surface area contributed by atoms with Gasteiger partial charge in [-0.1, -0.05) is 30.3 Å². The predicted molar refractivity (Wildman–Crippen MR) is 110 cm³/mol. The molecule has 0 saturated carbocycles. The number of nitrogens with zero attached hydrogens (tertiary/aromatic N) is 2. The Morgan fingerprint density at radius 3 is 2.55 bits per heavy atom. The van der Waals surface area contributed by atoms with Gasteiger partial charge in [0.05, 0.1) is 6.61 Å². The van der Waals surface area contributed by atoms with E-state index >= 15 is 0 Å². The van der Waals surface area contributed by atoms with Gasteiger partial charge in [0.1, 0.15) is 5.69 Å². The highest BCUT2D eigenvalue weighted by molar-refractivity contribution is 5.76. The number of hydrogen-bond donors (Lipinski definition) is 2. The van der Waals surface area contributed by atoms with Gasteiger partial charge in [-0.25, -0.2) is 4.98 Å². The Balaban J connectivity index is 1.56. The number of rotatable bonds is 8. The van der Waals surface area contributed by atoms with Gasteiger partial charge in [-0.3, -0.25) is 14.6 Å². The van der Waals surface area contributed by atoms with Crippen molar-refractivity contribution < 1.29 is 9.53 Å². The minimum absolute atomic E-state index is 0.112. The minimum Gasteiger partial charge on any atom is -0.380 e. The molecular formula is C22H24N4O3. The highest BCUT2D eigenvalue weighted by Crippen LogP contribution is 2.12. The molecule has 3 aromatic rings. The lowest BCUT2D eigenvalue weighted by molar-refractivity contribution is -0.121. The molecule has 0 aliphatic rings. The second kappa shape index (κ2) is 9.75. The first-order valence-corrected chi connectivity index (χ1v) is 9.41. The molecule has 0 unspecified atom stereocenters. The van der Waals surface area contributed by atoms with E-state index in [0.717, 1.165) is 11.1 Å². The molecule has 1 aromatic carbocycles. The number of aryl methyl sites for hydroxylation is 1. The zero-order valence-corrected chi connectivity index (χ0v) is 16.6. The molecular weight excluding hydrogens is 368 g/mol. The van der Waals surface area contributed by atoms with Crippen LogP contribution in [-0.4, -0.2) is 28.0 Å². The van der Waals surface area contributed by atoms with Crippen LogP contribution in [0.3, 0.4) is 0 Å². The van der Waals surface area contributed by atoms with E-state index in [1.165, 1.54) is 0 Å². The van der Waals surface area contributed by atoms with Crippen LogP contribution in [0.1, 0.15) is 28.8 Å². The van der Waals surface area contributed by atoms with Gasteiger partial charge in [-0.15, -0.1) is 0 Å². The smallest absolute Gasteiger partial charge is 0.254 e. The van der Waals surface area contributed by atoms with Crippen LogP contribution in [0.2, 0.25) is 0 Å². The molecule has 0 aliphatic carbocycles. The van der Waals surface area contributed by atoms with Crippen LogP contribution < -0.4 is 10.9 Å². The Labute approximate surface area is 169 Å². The van der Waals surface area contributed by atoms with Gasteiger partial charge in [0.2, 0.25) is 5.91 Å². The van der Waals surface area contributed by atoms with Gasteiger partial charge in [-0.2, -0.15) is 0 Å². The molecule has 0 spiro atoms. The summed E-state index contributed by atoms with van der Waals surface area (Å²) in [6, 6.07) is 13.3. The summed E-state index contributed by atoms with van der Waals surface area (Å²) in [4.78, 5) is 36.0. The Hall–Kier alpha value is -3.32. The second-order valence-corrected chi connectivity index (χ2v) is 6.72. The van der Waals surface area contributed by atoms with E-state index in [9.17, 15) is 9.59 Å². The van der Waals surface area contributed by atoms with Crippen molar-refractivity contribution in [3.8, 4) is 11.5 Å². The molecule has 0 aliphatic heterocycles. The first-order chi connectivity index (χ1) is 14.1. The van der Waals surface area contributed by atoms with Crippen LogP contribution in [0.15, 0.2) is 53.5 Å². The quantitative estimate of drug-likeness (QED) is 0.614. The van der Waals surface area contributed by atoms with E-state index < -0.39 is 0 Å². The largest absolute Gasteiger partial charge is 0.380 e. The van der Waals surface area contributed by atoms with Crippen molar-refractivity contribution in [1.82, 2.24) is 20.3 Å². The number of ether oxygens (including phenoxy) is 1. The highest BCUT2D eigenvalue weighted by Gasteiger charge is 2.12. The molecule has 2 heterocycles. The van der Waals surface area contributed by atoms with E-state index in [1.54, 1.807) is 32.4 Å². The fourth-order valence-corrected chi connectivity index (χ4v) is 2.98. The normalized spacial score (nSPS) is 10.7. The molecule has 3 rings (SSSR count). The predicted octanol–water partition coefficient (Wildman–Crippen LogP) is 2.54. The lowest BCUT2D eigenvalue weighted by Crippen LogP contribution is -2.25. The fraction of sp³-hybridized carbons (Fsp3) is 0.273. The Morgan fingerprint density at radius 2 is 1.90 bits per heavy atom. The van der Waals surface area contributed by atoms with E-state index in [-0.39, 0.29) is 17.9 Å². The highest BCUT2D eigenvalue weighted by atomic mass is 16.5. The number of H-pyrrole nitrogens is 1. The van der Waals surface area contributed by atoms with Crippen molar-refractivity contribution in [2.24, 2.45) is 0 Å². The fourth-order valence-electron chi connectivity index (χ4n) is 2.98. The van der Waals surface area contributed by atoms with E-state index in [4.69, 9.17) is 4.74 Å². The third kappa shape index (κ3) is 5.58. The first kappa shape index (κ1) is 20.4. The molecule has 150 valence electrons. The number of amides is 1. The molecule has 29 heavy (non-hydrogen) atoms. The van der Waals surface area contributed by atoms with Crippen LogP contribution >= 0.6 is 0 Å². The number of aromatic nitrogens is 3. The third-order valence-corrected chi connectivity index (χ3v) is 4.56. The zero-order valence-electron chi connectivity index (χ0n) is 16.6. The number of methoxy groups -OCH3 is 1. The van der Waals surface area contributed by atoms with Crippen LogP contribution in [0.25, 0.3) is 11.5 Å². The van der Waals surface area contributed by atoms with Crippen LogP contribution in [0.5, 0.6) is 0 Å². The van der Waals surface area contributed by atoms with Crippen molar-refractivity contribution >= 4 is 5.91 Å². The maximum Gasteiger partial charge on any atom is 0.254 e. The van der Waals surface area contributed by atoms with Crippen LogP contribution in [0.4, 0.5) is 0 Å². The number of nitrogens with one attached hydrogen (secondary N) is 2. The van der Waals surface area contributed by atoms with Crippen LogP contribution in [0, 0.1) is 6.92 Å². The topological polar surface area (TPSA) is 97.0 Å². The molecule has 1 amide bonds. The summed E-state index contributed by atoms with van der Waals surface area (Å²) in [6.45, 7) is 2.78. The molecule has 0 fully saturated rings. The molecule has 2 aromatic heterocycles. The molecule has 0 saturated heterocycles. The maximum absolute atomic E-state index is 12.4. The number of aromatic amines is 1. The first-order valence-electron chi connectivity index (χ1n) is 9.41. The summed E-state index contributed by atoms with van der Waals surface area (Å²) in [5.41, 5.74) is 3.58. The number of pyridine rings is 1. The Kier molecular flexibility index (Phi) is 6.86. The minimum atomic E-state index is -0.236. The average Bonchev–Trinajstić information content (AvgIpc) is 2.73. The third-order valence-electron chi connectivity index (χ3n) is 4.56. The van der Waals surface area contributed by atoms with Gasteiger partial charge in [0, 0.05) is 37.5 Å². The molecule has 7 heteroatoms. The van der Waals surface area contributed by atoms with Crippen molar-refractivity contribution in [2.75, 3.05) is 7.11 Å². The number of benzene rings is 1. The second-order valence-electron chi connectivity index (χ2n) is 6.72. The number of hydrogen-bond acceptors (Lipinski definition) is 5. The van der Waals surface area contributed by atoms with Gasteiger partial charge in [0.25, 0.3) is 5.56 Å². The van der Waals surface area contributed by atoms with E-state index in [2.05, 4.69) is 20.3 Å². The van der Waals surface area contributed by atoms with Gasteiger partial charge in [0.15, 0.2) is 5.82 Å². The standard InChI is InChI=1S/C22H24N4O3/c1-15-18(22(28)26-21(25-15)19-5-3-4-12-23-19)10-11-20(27)24-13-16-6-8-17(9-7-16)14-29-2/h3-9,12H,10-11,13-14H2,1-2H3,(H,24,27)(H,25,26,28). The van der Waals surface area contributed by atoms with Gasteiger partial charge >= 0.3 is 0 Å². The van der Waals surface area contributed by atoms with Crippen molar-refractivity contribution in [2.45, 2.75) is 32.9 Å². The molecule has 0 bridgehead atoms. The summed E-state index contributed by atoms with van der Waals surface area (Å²) < 4.78 is 5.09. The van der Waals surface area contributed by atoms with Gasteiger partial charge in [-0.05, 0) is 36.6 Å². The summed E-state index contributed by atoms with van der Waals surface area (Å²) >= 11 is 0. The molecule has 0 radical (unpaired) electrons. The lowest BCUT2D eigenvalue weighted by atomic mass is 10.1. The Bertz CT molecular complexity index is 1010.